The van der Waals surface area contributed by atoms with Gasteiger partial charge < -0.3 is 33.7 Å². The van der Waals surface area contributed by atoms with Crippen molar-refractivity contribution in [2.45, 2.75) is 58.1 Å². The largest absolute Gasteiger partial charge is 0.466 e. The van der Waals surface area contributed by atoms with Gasteiger partial charge in [-0.15, -0.1) is 0 Å². The molecule has 3 aromatic rings. The summed E-state index contributed by atoms with van der Waals surface area (Å²) in [6.07, 6.45) is -2.69. The number of esters is 2. The lowest BCUT2D eigenvalue weighted by molar-refractivity contribution is -0.146. The molecule has 1 N–H and O–H groups in total. The van der Waals surface area contributed by atoms with Crippen LogP contribution in [0.4, 0.5) is 0 Å². The van der Waals surface area contributed by atoms with E-state index in [2.05, 4.69) is 5.32 Å². The van der Waals surface area contributed by atoms with Gasteiger partial charge in [0.2, 0.25) is 0 Å². The number of nitrogens with one attached hydrogen (secondary N) is 1. The highest BCUT2D eigenvalue weighted by molar-refractivity contribution is 5.98. The SMILES string of the molecule is COC(=O)C1=C(C)NC(C)=C(C(=O)OC)C1[C@@H](OCc1ccccc1)[C@@H]1OC[C@H](OCc2ccccc2)[C@H]1OCc1ccccc1. The van der Waals surface area contributed by atoms with E-state index < -0.39 is 42.3 Å². The molecule has 0 aromatic heterocycles. The Balaban J connectivity index is 1.56. The normalized spacial score (nSPS) is 20.7. The minimum Gasteiger partial charge on any atom is -0.466 e. The molecule has 9 heteroatoms. The third-order valence-corrected chi connectivity index (χ3v) is 8.29. The van der Waals surface area contributed by atoms with Crippen LogP contribution >= 0.6 is 0 Å². The highest BCUT2D eigenvalue weighted by atomic mass is 16.6. The molecule has 0 saturated carbocycles. The van der Waals surface area contributed by atoms with Crippen molar-refractivity contribution < 1.29 is 38.0 Å². The summed E-state index contributed by atoms with van der Waals surface area (Å²) in [6, 6.07) is 29.4. The Bertz CT molecular complexity index is 1480. The second kappa shape index (κ2) is 15.8. The molecule has 1 saturated heterocycles. The molecule has 242 valence electrons. The first-order valence-corrected chi connectivity index (χ1v) is 15.3. The number of rotatable bonds is 13. The number of carbonyl (C=O) groups excluding carboxylic acids is 2. The maximum atomic E-state index is 13.4. The van der Waals surface area contributed by atoms with Crippen LogP contribution in [0.15, 0.2) is 114 Å². The van der Waals surface area contributed by atoms with Gasteiger partial charge in [0.1, 0.15) is 18.3 Å². The van der Waals surface area contributed by atoms with Gasteiger partial charge in [-0.05, 0) is 30.5 Å². The topological polar surface area (TPSA) is 102 Å². The Morgan fingerprint density at radius 1 is 0.717 bits per heavy atom. The van der Waals surface area contributed by atoms with Crippen LogP contribution in [0.25, 0.3) is 0 Å². The Morgan fingerprint density at radius 3 is 1.65 bits per heavy atom. The summed E-state index contributed by atoms with van der Waals surface area (Å²) in [5, 5.41) is 3.17. The fraction of sp³-hybridized carbons (Fsp3) is 0.351. The molecular formula is C37H41NO8. The summed E-state index contributed by atoms with van der Waals surface area (Å²) in [7, 11) is 2.63. The quantitative estimate of drug-likeness (QED) is 0.255. The fourth-order valence-electron chi connectivity index (χ4n) is 6.06. The molecule has 3 aromatic carbocycles. The average molecular weight is 628 g/mol. The van der Waals surface area contributed by atoms with Gasteiger partial charge in [0.25, 0.3) is 0 Å². The Kier molecular flexibility index (Phi) is 11.4. The summed E-state index contributed by atoms with van der Waals surface area (Å²) < 4.78 is 36.7. The molecule has 9 nitrogen and oxygen atoms in total. The zero-order valence-electron chi connectivity index (χ0n) is 26.6. The van der Waals surface area contributed by atoms with Gasteiger partial charge in [-0.25, -0.2) is 9.59 Å². The van der Waals surface area contributed by atoms with E-state index in [1.807, 2.05) is 91.0 Å². The van der Waals surface area contributed by atoms with E-state index in [9.17, 15) is 9.59 Å². The first-order chi connectivity index (χ1) is 22.4. The maximum Gasteiger partial charge on any atom is 0.336 e. The molecule has 4 atom stereocenters. The van der Waals surface area contributed by atoms with Crippen molar-refractivity contribution in [2.24, 2.45) is 5.92 Å². The second-order valence-corrected chi connectivity index (χ2v) is 11.3. The van der Waals surface area contributed by atoms with Gasteiger partial charge in [-0.3, -0.25) is 0 Å². The fourth-order valence-corrected chi connectivity index (χ4v) is 6.06. The zero-order valence-corrected chi connectivity index (χ0v) is 26.6. The summed E-state index contributed by atoms with van der Waals surface area (Å²) in [6.45, 7) is 4.61. The first kappa shape index (κ1) is 33.1. The number of hydrogen-bond donors (Lipinski definition) is 1. The first-order valence-electron chi connectivity index (χ1n) is 15.3. The number of hydrogen-bond acceptors (Lipinski definition) is 9. The lowest BCUT2D eigenvalue weighted by Crippen LogP contribution is -2.50. The van der Waals surface area contributed by atoms with E-state index in [1.54, 1.807) is 13.8 Å². The Morgan fingerprint density at radius 2 is 1.17 bits per heavy atom. The predicted molar refractivity (Wildman–Crippen MR) is 171 cm³/mol. The van der Waals surface area contributed by atoms with Crippen molar-refractivity contribution in [3.8, 4) is 0 Å². The smallest absolute Gasteiger partial charge is 0.336 e. The van der Waals surface area contributed by atoms with E-state index in [0.29, 0.717) is 24.6 Å². The molecule has 0 aliphatic carbocycles. The molecular weight excluding hydrogens is 586 g/mol. The molecule has 2 aliphatic rings. The number of carbonyl (C=O) groups is 2. The van der Waals surface area contributed by atoms with Gasteiger partial charge in [0.05, 0.1) is 63.8 Å². The average Bonchev–Trinajstić information content (AvgIpc) is 3.49. The lowest BCUT2D eigenvalue weighted by atomic mass is 9.78. The van der Waals surface area contributed by atoms with Crippen LogP contribution in [0.2, 0.25) is 0 Å². The maximum absolute atomic E-state index is 13.4. The Hall–Kier alpha value is -4.28. The number of benzene rings is 3. The van der Waals surface area contributed by atoms with Gasteiger partial charge in [0.15, 0.2) is 0 Å². The van der Waals surface area contributed by atoms with Gasteiger partial charge >= 0.3 is 11.9 Å². The van der Waals surface area contributed by atoms with Crippen LogP contribution in [0.1, 0.15) is 30.5 Å². The molecule has 0 amide bonds. The zero-order chi connectivity index (χ0) is 32.5. The van der Waals surface area contributed by atoms with Gasteiger partial charge in [-0.1, -0.05) is 91.0 Å². The number of ether oxygens (including phenoxy) is 6. The number of dihydropyridines is 1. The number of allylic oxidation sites excluding steroid dienone is 2. The predicted octanol–water partition coefficient (Wildman–Crippen LogP) is 5.25. The van der Waals surface area contributed by atoms with E-state index in [-0.39, 0.29) is 24.4 Å². The molecule has 2 heterocycles. The van der Waals surface area contributed by atoms with Crippen LogP contribution in [0.3, 0.4) is 0 Å². The molecule has 1 fully saturated rings. The molecule has 0 bridgehead atoms. The molecule has 2 aliphatic heterocycles. The minimum atomic E-state index is -0.898. The summed E-state index contributed by atoms with van der Waals surface area (Å²) >= 11 is 0. The van der Waals surface area contributed by atoms with E-state index in [0.717, 1.165) is 16.7 Å². The molecule has 0 unspecified atom stereocenters. The minimum absolute atomic E-state index is 0.192. The molecule has 46 heavy (non-hydrogen) atoms. The third kappa shape index (κ3) is 7.74. The van der Waals surface area contributed by atoms with Crippen molar-refractivity contribution in [3.05, 3.63) is 130 Å². The van der Waals surface area contributed by atoms with E-state index in [1.165, 1.54) is 14.2 Å². The Labute approximate surface area is 270 Å². The molecule has 0 spiro atoms. The van der Waals surface area contributed by atoms with Crippen LogP contribution in [0.5, 0.6) is 0 Å². The molecule has 5 rings (SSSR count). The number of methoxy groups -OCH3 is 2. The monoisotopic (exact) mass is 627 g/mol. The van der Waals surface area contributed by atoms with Crippen LogP contribution in [-0.4, -0.2) is 57.2 Å². The standard InChI is InChI=1S/C37H41NO8/c1-24-30(36(39)41-3)32(31(25(2)38-24)37(40)42-4)34(45-22-28-18-12-7-13-19-28)35-33(44-21-27-16-10-6-11-17-27)29(23-46-35)43-20-26-14-8-5-9-15-26/h5-19,29,32-35,38H,20-23H2,1-4H3/t29-,33+,34+,35+/m0/s1. The summed E-state index contributed by atoms with van der Waals surface area (Å²) in [5.74, 6) is -2.08. The van der Waals surface area contributed by atoms with Crippen molar-refractivity contribution in [3.63, 3.8) is 0 Å². The highest BCUT2D eigenvalue weighted by Crippen LogP contribution is 2.40. The van der Waals surface area contributed by atoms with Crippen LogP contribution in [0, 0.1) is 5.92 Å². The van der Waals surface area contributed by atoms with Crippen molar-refractivity contribution in [1.29, 1.82) is 0 Å². The highest BCUT2D eigenvalue weighted by Gasteiger charge is 2.51. The second-order valence-electron chi connectivity index (χ2n) is 11.3. The van der Waals surface area contributed by atoms with E-state index >= 15 is 0 Å². The van der Waals surface area contributed by atoms with Crippen LogP contribution < -0.4 is 5.32 Å². The summed E-state index contributed by atoms with van der Waals surface area (Å²) in [5.41, 5.74) is 4.52. The van der Waals surface area contributed by atoms with Crippen molar-refractivity contribution in [1.82, 2.24) is 5.32 Å². The van der Waals surface area contributed by atoms with Crippen molar-refractivity contribution >= 4 is 11.9 Å². The van der Waals surface area contributed by atoms with Gasteiger partial charge in [0, 0.05) is 11.4 Å². The van der Waals surface area contributed by atoms with Crippen LogP contribution in [-0.2, 0) is 57.8 Å². The molecule has 0 radical (unpaired) electrons. The lowest BCUT2D eigenvalue weighted by Gasteiger charge is -2.38. The third-order valence-electron chi connectivity index (χ3n) is 8.29. The van der Waals surface area contributed by atoms with Gasteiger partial charge in [-0.2, -0.15) is 0 Å². The van der Waals surface area contributed by atoms with Crippen molar-refractivity contribution in [2.75, 3.05) is 20.8 Å². The summed E-state index contributed by atoms with van der Waals surface area (Å²) in [4.78, 5) is 26.8. The van der Waals surface area contributed by atoms with E-state index in [4.69, 9.17) is 28.4 Å².